The molecule has 3 saturated heterocycles. The Bertz CT molecular complexity index is 2020. The summed E-state index contributed by atoms with van der Waals surface area (Å²) >= 11 is 0. The molecule has 0 aliphatic carbocycles. The van der Waals surface area contributed by atoms with Crippen LogP contribution in [0.1, 0.15) is 155 Å². The third-order valence-corrected chi connectivity index (χ3v) is 14.8. The molecular weight excluding hydrogens is 1090 g/mol. The Balaban J connectivity index is 1.38. The van der Waals surface area contributed by atoms with Gasteiger partial charge in [0.15, 0.2) is 18.9 Å². The quantitative estimate of drug-likeness (QED) is 0.0229. The molecule has 12 N–H and O–H groups in total. The number of ether oxygens (including phenoxy) is 6. The molecule has 0 bridgehead atoms. The number of rotatable bonds is 44. The number of aliphatic hydroxyl groups is 11. The van der Waals surface area contributed by atoms with Crippen LogP contribution in [0.3, 0.4) is 0 Å². The van der Waals surface area contributed by atoms with E-state index in [1.54, 1.807) is 0 Å². The van der Waals surface area contributed by atoms with Crippen LogP contribution in [0.25, 0.3) is 0 Å². The predicted octanol–water partition coefficient (Wildman–Crippen LogP) is 6.48. The minimum atomic E-state index is -1.98. The fourth-order valence-corrected chi connectivity index (χ4v) is 9.69. The van der Waals surface area contributed by atoms with Gasteiger partial charge in [-0.05, 0) is 89.9 Å². The van der Waals surface area contributed by atoms with E-state index in [9.17, 15) is 61.0 Å². The molecule has 1 amide bonds. The zero-order chi connectivity index (χ0) is 61.9. The maximum Gasteiger partial charge on any atom is 0.220 e. The van der Waals surface area contributed by atoms with Crippen LogP contribution in [0.5, 0.6) is 0 Å². The number of allylic oxidation sites excluding steroid dienone is 20. The molecule has 17 atom stereocenters. The maximum absolute atomic E-state index is 13.3. The van der Waals surface area contributed by atoms with Crippen LogP contribution in [0.2, 0.25) is 0 Å². The molecule has 85 heavy (non-hydrogen) atoms. The van der Waals surface area contributed by atoms with Crippen molar-refractivity contribution in [1.82, 2.24) is 5.32 Å². The molecule has 0 saturated carbocycles. The number of amides is 1. The van der Waals surface area contributed by atoms with E-state index in [0.717, 1.165) is 116 Å². The summed E-state index contributed by atoms with van der Waals surface area (Å²) in [5.74, 6) is -0.297. The van der Waals surface area contributed by atoms with Gasteiger partial charge in [-0.2, -0.15) is 0 Å². The molecule has 0 spiro atoms. The summed E-state index contributed by atoms with van der Waals surface area (Å²) in [5.41, 5.74) is 0. The lowest BCUT2D eigenvalue weighted by molar-refractivity contribution is -0.379. The Labute approximate surface area is 506 Å². The summed E-state index contributed by atoms with van der Waals surface area (Å²) in [5, 5.41) is 120. The van der Waals surface area contributed by atoms with Gasteiger partial charge >= 0.3 is 0 Å². The Morgan fingerprint density at radius 3 is 1.25 bits per heavy atom. The third kappa shape index (κ3) is 30.3. The number of unbranched alkanes of at least 4 members (excludes halogenated alkanes) is 8. The van der Waals surface area contributed by atoms with E-state index >= 15 is 0 Å². The van der Waals surface area contributed by atoms with Gasteiger partial charge in [0.1, 0.15) is 73.2 Å². The lowest BCUT2D eigenvalue weighted by atomic mass is 9.96. The molecule has 484 valence electrons. The van der Waals surface area contributed by atoms with Crippen LogP contribution in [0.15, 0.2) is 122 Å². The van der Waals surface area contributed by atoms with Crippen LogP contribution in [0.4, 0.5) is 0 Å². The molecule has 3 aliphatic heterocycles. The lowest BCUT2D eigenvalue weighted by Gasteiger charge is -2.48. The number of hydrogen-bond acceptors (Lipinski definition) is 18. The van der Waals surface area contributed by atoms with Crippen molar-refractivity contribution in [3.63, 3.8) is 0 Å². The highest BCUT2D eigenvalue weighted by atomic mass is 16.8. The van der Waals surface area contributed by atoms with E-state index in [2.05, 4.69) is 141 Å². The van der Waals surface area contributed by atoms with Crippen molar-refractivity contribution >= 4 is 5.91 Å². The van der Waals surface area contributed by atoms with E-state index in [4.69, 9.17) is 28.4 Å². The first-order chi connectivity index (χ1) is 41.3. The maximum atomic E-state index is 13.3. The van der Waals surface area contributed by atoms with Crippen molar-refractivity contribution in [3.05, 3.63) is 122 Å². The Morgan fingerprint density at radius 1 is 0.435 bits per heavy atom. The number of carbonyl (C=O) groups is 1. The Morgan fingerprint density at radius 2 is 0.812 bits per heavy atom. The average Bonchev–Trinajstić information content (AvgIpc) is 3.70. The number of aliphatic hydroxyl groups excluding tert-OH is 11. The van der Waals surface area contributed by atoms with E-state index in [0.29, 0.717) is 19.3 Å². The van der Waals surface area contributed by atoms with Crippen LogP contribution in [-0.4, -0.2) is 193 Å². The summed E-state index contributed by atoms with van der Waals surface area (Å²) in [6, 6.07) is -0.917. The zero-order valence-electron chi connectivity index (χ0n) is 50.5. The first-order valence-corrected chi connectivity index (χ1v) is 31.3. The molecular formula is C66H107NO18. The number of carbonyl (C=O) groups excluding carboxylic acids is 1. The van der Waals surface area contributed by atoms with Gasteiger partial charge in [0, 0.05) is 6.42 Å². The number of nitrogens with one attached hydrogen (secondary N) is 1. The van der Waals surface area contributed by atoms with Crippen LogP contribution in [0, 0.1) is 0 Å². The van der Waals surface area contributed by atoms with Crippen molar-refractivity contribution in [1.29, 1.82) is 0 Å². The standard InChI is InChI=1S/C66H107NO18/c1-3-5-7-9-11-12-13-14-15-16-17-18-19-20-21-22-23-24-25-26-27-28-29-30-31-32-33-34-35-36-38-40-42-44-54(72)67-49(50(71)43-41-39-37-10-8-6-4-2)48-80-64-60(78)57(75)62(52(46-69)82-64)85-66-61(79)58(76)63(53(47-70)83-66)84-65-59(77)56(74)55(73)51(45-68)81-65/h5,7,11-12,14-15,17-18,20-21,23-24,26-27,29-30,32-33,35-36,49-53,55-66,68-71,73-79H,3-4,6,8-10,13,16,19,22,25,28,31,34,37-48H2,1-2H3,(H,67,72)/b7-5-,12-11-,15-14-,18-17-,21-20-,24-23-,27-26-,30-29-,33-32-,36-35-. The molecule has 3 aliphatic rings. The molecule has 0 radical (unpaired) electrons. The van der Waals surface area contributed by atoms with Gasteiger partial charge < -0.3 is 89.9 Å². The van der Waals surface area contributed by atoms with Crippen LogP contribution < -0.4 is 5.32 Å². The average molecular weight is 1200 g/mol. The van der Waals surface area contributed by atoms with Gasteiger partial charge in [0.25, 0.3) is 0 Å². The topological polar surface area (TPSA) is 307 Å². The fourth-order valence-electron chi connectivity index (χ4n) is 9.69. The van der Waals surface area contributed by atoms with E-state index in [1.165, 1.54) is 0 Å². The van der Waals surface area contributed by atoms with Gasteiger partial charge in [-0.3, -0.25) is 4.79 Å². The molecule has 19 nitrogen and oxygen atoms in total. The third-order valence-electron chi connectivity index (χ3n) is 14.8. The molecule has 0 aromatic rings. The van der Waals surface area contributed by atoms with Gasteiger partial charge in [-0.25, -0.2) is 0 Å². The molecule has 19 heteroatoms. The first kappa shape index (κ1) is 75.4. The van der Waals surface area contributed by atoms with Crippen molar-refractivity contribution in [2.24, 2.45) is 0 Å². The summed E-state index contributed by atoms with van der Waals surface area (Å²) in [6.07, 6.45) is 36.2. The predicted molar refractivity (Wildman–Crippen MR) is 327 cm³/mol. The van der Waals surface area contributed by atoms with E-state index in [1.807, 2.05) is 0 Å². The van der Waals surface area contributed by atoms with Crippen molar-refractivity contribution in [3.8, 4) is 0 Å². The molecule has 0 aromatic heterocycles. The van der Waals surface area contributed by atoms with Gasteiger partial charge in [0.05, 0.1) is 38.6 Å². The SMILES string of the molecule is CC/C=C\C/C=C\C/C=C\C/C=C\C/C=C\C/C=C\C/C=C\C/C=C\C/C=C\C/C=C\CCCCC(=O)NC(COC1OC(CO)C(OC2OC(CO)C(OC3OC(CO)C(O)C(O)C3O)C(O)C2O)C(O)C1O)C(O)CCCCCCCCC. The van der Waals surface area contributed by atoms with Crippen molar-refractivity contribution in [2.45, 2.75) is 259 Å². The highest BCUT2D eigenvalue weighted by Crippen LogP contribution is 2.33. The second-order valence-electron chi connectivity index (χ2n) is 21.8. The van der Waals surface area contributed by atoms with Crippen LogP contribution >= 0.6 is 0 Å². The smallest absolute Gasteiger partial charge is 0.220 e. The second kappa shape index (κ2) is 47.2. The normalized spacial score (nSPS) is 29.8. The summed E-state index contributed by atoms with van der Waals surface area (Å²) < 4.78 is 34.2. The fraction of sp³-hybridized carbons (Fsp3) is 0.682. The molecule has 3 fully saturated rings. The van der Waals surface area contributed by atoms with Gasteiger partial charge in [0.2, 0.25) is 5.91 Å². The van der Waals surface area contributed by atoms with E-state index in [-0.39, 0.29) is 18.9 Å². The summed E-state index contributed by atoms with van der Waals surface area (Å²) in [4.78, 5) is 13.3. The molecule has 3 heterocycles. The van der Waals surface area contributed by atoms with Crippen molar-refractivity contribution < 1.29 is 89.4 Å². The molecule has 17 unspecified atom stereocenters. The highest BCUT2D eigenvalue weighted by molar-refractivity contribution is 5.76. The minimum Gasteiger partial charge on any atom is -0.394 e. The summed E-state index contributed by atoms with van der Waals surface area (Å²) in [6.45, 7) is 1.54. The monoisotopic (exact) mass is 1200 g/mol. The Hall–Kier alpha value is -3.81. The van der Waals surface area contributed by atoms with E-state index < -0.39 is 124 Å². The zero-order valence-corrected chi connectivity index (χ0v) is 50.5. The van der Waals surface area contributed by atoms with Gasteiger partial charge in [-0.1, -0.05) is 180 Å². The van der Waals surface area contributed by atoms with Gasteiger partial charge in [-0.15, -0.1) is 0 Å². The van der Waals surface area contributed by atoms with Crippen molar-refractivity contribution in [2.75, 3.05) is 26.4 Å². The summed E-state index contributed by atoms with van der Waals surface area (Å²) in [7, 11) is 0. The minimum absolute atomic E-state index is 0.201. The molecule has 3 rings (SSSR count). The largest absolute Gasteiger partial charge is 0.394 e. The lowest BCUT2D eigenvalue weighted by Crippen LogP contribution is -2.66. The Kier molecular flexibility index (Phi) is 41.9. The van der Waals surface area contributed by atoms with Crippen LogP contribution in [-0.2, 0) is 33.2 Å². The molecule has 0 aromatic carbocycles. The second-order valence-corrected chi connectivity index (χ2v) is 21.8. The highest BCUT2D eigenvalue weighted by Gasteiger charge is 2.53. The number of hydrogen-bond donors (Lipinski definition) is 12. The first-order valence-electron chi connectivity index (χ1n) is 31.3.